The van der Waals surface area contributed by atoms with E-state index < -0.39 is 0 Å². The lowest BCUT2D eigenvalue weighted by atomic mass is 10.1. The lowest BCUT2D eigenvalue weighted by Crippen LogP contribution is -2.52. The summed E-state index contributed by atoms with van der Waals surface area (Å²) < 4.78 is 0. The molecule has 1 amide bonds. The van der Waals surface area contributed by atoms with Crippen LogP contribution in [-0.4, -0.2) is 42.3 Å². The Morgan fingerprint density at radius 1 is 1.47 bits per heavy atom. The number of ketones is 1. The van der Waals surface area contributed by atoms with Gasteiger partial charge in [-0.1, -0.05) is 6.07 Å². The Hall–Kier alpha value is -0.910. The lowest BCUT2D eigenvalue weighted by molar-refractivity contribution is -0.133. The molecule has 19 heavy (non-hydrogen) atoms. The first-order valence-electron chi connectivity index (χ1n) is 6.25. The molecule has 0 radical (unpaired) electrons. The number of carbonyl (C=O) groups is 2. The quantitative estimate of drug-likeness (QED) is 0.865. The van der Waals surface area contributed by atoms with Crippen LogP contribution in [-0.2, 0) is 4.79 Å². The van der Waals surface area contributed by atoms with Gasteiger partial charge < -0.3 is 10.2 Å². The van der Waals surface area contributed by atoms with Gasteiger partial charge in [0, 0.05) is 38.5 Å². The Labute approximate surface area is 123 Å². The van der Waals surface area contributed by atoms with E-state index in [1.54, 1.807) is 0 Å². The van der Waals surface area contributed by atoms with E-state index in [2.05, 4.69) is 5.32 Å². The van der Waals surface area contributed by atoms with Crippen molar-refractivity contribution in [1.82, 2.24) is 10.2 Å². The molecule has 1 fully saturated rings. The third-order valence-electron chi connectivity index (χ3n) is 3.18. The Morgan fingerprint density at radius 2 is 2.26 bits per heavy atom. The van der Waals surface area contributed by atoms with E-state index in [9.17, 15) is 9.59 Å². The average molecular weight is 303 g/mol. The van der Waals surface area contributed by atoms with Gasteiger partial charge in [0.25, 0.3) is 0 Å². The fourth-order valence-electron chi connectivity index (χ4n) is 2.14. The van der Waals surface area contributed by atoms with Crippen LogP contribution in [0.4, 0.5) is 0 Å². The minimum absolute atomic E-state index is 0. The molecule has 6 heteroatoms. The summed E-state index contributed by atoms with van der Waals surface area (Å²) in [5.41, 5.74) is 0. The van der Waals surface area contributed by atoms with E-state index in [0.717, 1.165) is 24.5 Å². The molecule has 1 N–H and O–H groups in total. The van der Waals surface area contributed by atoms with Crippen LogP contribution in [0.15, 0.2) is 17.5 Å². The van der Waals surface area contributed by atoms with E-state index in [4.69, 9.17) is 0 Å². The first-order valence-corrected chi connectivity index (χ1v) is 7.13. The van der Waals surface area contributed by atoms with Crippen molar-refractivity contribution in [1.29, 1.82) is 0 Å². The summed E-state index contributed by atoms with van der Waals surface area (Å²) in [5, 5.41) is 5.13. The predicted octanol–water partition coefficient (Wildman–Crippen LogP) is 1.95. The van der Waals surface area contributed by atoms with Gasteiger partial charge in [0.05, 0.1) is 4.88 Å². The Kier molecular flexibility index (Phi) is 6.48. The van der Waals surface area contributed by atoms with Gasteiger partial charge in [-0.05, 0) is 18.4 Å². The van der Waals surface area contributed by atoms with Crippen LogP contribution in [0.25, 0.3) is 0 Å². The summed E-state index contributed by atoms with van der Waals surface area (Å²) in [6.45, 7) is 4.46. The molecule has 0 aliphatic carbocycles. The van der Waals surface area contributed by atoms with Gasteiger partial charge in [-0.25, -0.2) is 0 Å². The van der Waals surface area contributed by atoms with Crippen LogP contribution in [0.2, 0.25) is 0 Å². The topological polar surface area (TPSA) is 49.4 Å². The molecule has 1 aromatic rings. The van der Waals surface area contributed by atoms with Crippen LogP contribution < -0.4 is 5.32 Å². The van der Waals surface area contributed by atoms with Gasteiger partial charge in [-0.3, -0.25) is 9.59 Å². The lowest BCUT2D eigenvalue weighted by Gasteiger charge is -2.34. The summed E-state index contributed by atoms with van der Waals surface area (Å²) in [6.07, 6.45) is 0.636. The maximum atomic E-state index is 12.0. The number of nitrogens with zero attached hydrogens (tertiary/aromatic N) is 1. The third-order valence-corrected chi connectivity index (χ3v) is 4.09. The summed E-state index contributed by atoms with van der Waals surface area (Å²) >= 11 is 1.43. The van der Waals surface area contributed by atoms with Gasteiger partial charge in [0.2, 0.25) is 5.91 Å². The highest BCUT2D eigenvalue weighted by molar-refractivity contribution is 7.12. The zero-order valence-electron chi connectivity index (χ0n) is 10.9. The number of nitrogens with one attached hydrogen (secondary N) is 1. The minimum atomic E-state index is 0. The molecule has 1 aliphatic rings. The van der Waals surface area contributed by atoms with Crippen molar-refractivity contribution < 1.29 is 9.59 Å². The fraction of sp³-hybridized carbons (Fsp3) is 0.538. The fourth-order valence-corrected chi connectivity index (χ4v) is 2.83. The highest BCUT2D eigenvalue weighted by Crippen LogP contribution is 2.14. The van der Waals surface area contributed by atoms with Gasteiger partial charge in [0.15, 0.2) is 5.78 Å². The summed E-state index contributed by atoms with van der Waals surface area (Å²) in [7, 11) is 0. The molecule has 0 bridgehead atoms. The van der Waals surface area contributed by atoms with Gasteiger partial charge in [0.1, 0.15) is 0 Å². The van der Waals surface area contributed by atoms with Crippen molar-refractivity contribution in [2.45, 2.75) is 25.8 Å². The van der Waals surface area contributed by atoms with Crippen LogP contribution in [0.1, 0.15) is 29.4 Å². The normalized spacial score (nSPS) is 18.8. The third kappa shape index (κ3) is 4.30. The largest absolute Gasteiger partial charge is 0.337 e. The van der Waals surface area contributed by atoms with Crippen molar-refractivity contribution in [3.63, 3.8) is 0 Å². The van der Waals surface area contributed by atoms with Crippen LogP contribution in [0.5, 0.6) is 0 Å². The van der Waals surface area contributed by atoms with Crippen molar-refractivity contribution in [3.05, 3.63) is 22.4 Å². The average Bonchev–Trinajstić information content (AvgIpc) is 2.90. The van der Waals surface area contributed by atoms with Gasteiger partial charge in [-0.15, -0.1) is 23.7 Å². The highest BCUT2D eigenvalue weighted by atomic mass is 35.5. The van der Waals surface area contributed by atoms with E-state index in [-0.39, 0.29) is 30.1 Å². The van der Waals surface area contributed by atoms with Gasteiger partial charge >= 0.3 is 0 Å². The Balaban J connectivity index is 0.00000180. The van der Waals surface area contributed by atoms with E-state index in [1.165, 1.54) is 11.3 Å². The van der Waals surface area contributed by atoms with Crippen LogP contribution >= 0.6 is 23.7 Å². The highest BCUT2D eigenvalue weighted by Gasteiger charge is 2.23. The van der Waals surface area contributed by atoms with Crippen LogP contribution in [0, 0.1) is 0 Å². The number of hydrogen-bond donors (Lipinski definition) is 1. The second kappa shape index (κ2) is 7.62. The molecule has 0 spiro atoms. The monoisotopic (exact) mass is 302 g/mol. The SMILES string of the molecule is C[C@H]1CNCCN1C(=O)CCC(=O)c1cccs1.Cl. The molecule has 2 heterocycles. The minimum Gasteiger partial charge on any atom is -0.337 e. The number of Topliss-reactive ketones (excluding diaryl/α,β-unsaturated/α-hetero) is 1. The molecular weight excluding hydrogens is 284 g/mol. The maximum absolute atomic E-state index is 12.0. The zero-order chi connectivity index (χ0) is 13.0. The number of hydrogen-bond acceptors (Lipinski definition) is 4. The van der Waals surface area contributed by atoms with E-state index >= 15 is 0 Å². The number of carbonyl (C=O) groups excluding carboxylic acids is 2. The standard InChI is InChI=1S/C13H18N2O2S.ClH/c1-10-9-14-6-7-15(10)13(17)5-4-11(16)12-3-2-8-18-12;/h2-3,8,10,14H,4-7,9H2,1H3;1H/t10-;/m0./s1. The Bertz CT molecular complexity index is 422. The zero-order valence-corrected chi connectivity index (χ0v) is 12.6. The number of halogens is 1. The van der Waals surface area contributed by atoms with Crippen molar-refractivity contribution in [2.24, 2.45) is 0 Å². The van der Waals surface area contributed by atoms with E-state index in [0.29, 0.717) is 12.8 Å². The molecule has 1 aliphatic heterocycles. The summed E-state index contributed by atoms with van der Waals surface area (Å²) in [4.78, 5) is 26.5. The summed E-state index contributed by atoms with van der Waals surface area (Å²) in [5.74, 6) is 0.162. The molecule has 4 nitrogen and oxygen atoms in total. The maximum Gasteiger partial charge on any atom is 0.223 e. The number of rotatable bonds is 4. The molecule has 1 atom stereocenters. The van der Waals surface area contributed by atoms with Crippen molar-refractivity contribution in [2.75, 3.05) is 19.6 Å². The smallest absolute Gasteiger partial charge is 0.223 e. The van der Waals surface area contributed by atoms with Crippen molar-refractivity contribution >= 4 is 35.4 Å². The van der Waals surface area contributed by atoms with Crippen molar-refractivity contribution in [3.8, 4) is 0 Å². The molecule has 0 aromatic carbocycles. The number of amides is 1. The van der Waals surface area contributed by atoms with E-state index in [1.807, 2.05) is 29.3 Å². The second-order valence-electron chi connectivity index (χ2n) is 4.54. The molecule has 106 valence electrons. The van der Waals surface area contributed by atoms with Crippen LogP contribution in [0.3, 0.4) is 0 Å². The molecule has 0 unspecified atom stereocenters. The molecule has 1 saturated heterocycles. The first kappa shape index (κ1) is 16.1. The number of thiophene rings is 1. The molecular formula is C13H19ClN2O2S. The first-order chi connectivity index (χ1) is 8.68. The molecule has 0 saturated carbocycles. The molecule has 1 aromatic heterocycles. The second-order valence-corrected chi connectivity index (χ2v) is 5.49. The molecule has 2 rings (SSSR count). The van der Waals surface area contributed by atoms with Gasteiger partial charge in [-0.2, -0.15) is 0 Å². The predicted molar refractivity (Wildman–Crippen MR) is 79.2 cm³/mol. The Morgan fingerprint density at radius 3 is 2.89 bits per heavy atom. The number of piperazine rings is 1. The summed E-state index contributed by atoms with van der Waals surface area (Å²) in [6, 6.07) is 3.89.